The molecule has 4 heteroatoms. The molecule has 0 radical (unpaired) electrons. The molecule has 0 saturated carbocycles. The first-order valence-electron chi connectivity index (χ1n) is 8.86. The first-order valence-corrected chi connectivity index (χ1v) is 12.2. The summed E-state index contributed by atoms with van der Waals surface area (Å²) in [5, 5.41) is 2.13. The van der Waals surface area contributed by atoms with Crippen molar-refractivity contribution in [3.8, 4) is 41.1 Å². The summed E-state index contributed by atoms with van der Waals surface area (Å²) >= 11 is 9.03. The van der Waals surface area contributed by atoms with E-state index in [2.05, 4.69) is 106 Å². The number of halogens is 1. The van der Waals surface area contributed by atoms with Crippen LogP contribution in [0.15, 0.2) is 94.8 Å². The Morgan fingerprint density at radius 3 is 1.57 bits per heavy atom. The molecule has 28 heavy (non-hydrogen) atoms. The van der Waals surface area contributed by atoms with Crippen molar-refractivity contribution in [2.24, 2.45) is 0 Å². The van der Waals surface area contributed by atoms with Gasteiger partial charge < -0.3 is 0 Å². The first kappa shape index (κ1) is 18.1. The van der Waals surface area contributed by atoms with Crippen LogP contribution in [-0.4, -0.2) is 0 Å². The van der Waals surface area contributed by atoms with Gasteiger partial charge in [-0.15, -0.1) is 34.0 Å². The Hall–Kier alpha value is -1.98. The van der Waals surface area contributed by atoms with Crippen LogP contribution in [0, 0.1) is 0 Å². The molecule has 0 aliphatic heterocycles. The zero-order valence-electron chi connectivity index (χ0n) is 14.8. The van der Waals surface area contributed by atoms with E-state index in [-0.39, 0.29) is 0 Å². The zero-order valence-corrected chi connectivity index (χ0v) is 18.8. The topological polar surface area (TPSA) is 0 Å². The van der Waals surface area contributed by atoms with Gasteiger partial charge in [0.25, 0.3) is 0 Å². The lowest BCUT2D eigenvalue weighted by molar-refractivity contribution is 1.59. The summed E-state index contributed by atoms with van der Waals surface area (Å²) in [6, 6.07) is 30.6. The average molecular weight is 479 g/mol. The molecule has 3 aromatic heterocycles. The lowest BCUT2D eigenvalue weighted by Gasteiger charge is -2.03. The largest absolute Gasteiger partial charge is 0.143 e. The van der Waals surface area contributed by atoms with E-state index in [1.54, 1.807) is 11.3 Å². The third kappa shape index (κ3) is 3.65. The molecule has 0 nitrogen and oxygen atoms in total. The Kier molecular flexibility index (Phi) is 5.03. The molecule has 0 unspecified atom stereocenters. The van der Waals surface area contributed by atoms with E-state index >= 15 is 0 Å². The second kappa shape index (κ2) is 7.80. The van der Waals surface area contributed by atoms with Gasteiger partial charge in [0, 0.05) is 28.9 Å². The average Bonchev–Trinajstić information content (AvgIpc) is 3.49. The highest BCUT2D eigenvalue weighted by molar-refractivity contribution is 9.10. The molecule has 2 aromatic carbocycles. The smallest absolute Gasteiger partial charge is 0.0449 e. The van der Waals surface area contributed by atoms with E-state index in [1.165, 1.54) is 41.1 Å². The summed E-state index contributed by atoms with van der Waals surface area (Å²) in [5.74, 6) is 0. The fourth-order valence-corrected chi connectivity index (χ4v) is 6.32. The highest BCUT2D eigenvalue weighted by Gasteiger charge is 2.09. The Bertz CT molecular complexity index is 1190. The van der Waals surface area contributed by atoms with Gasteiger partial charge in [-0.25, -0.2) is 0 Å². The summed E-state index contributed by atoms with van der Waals surface area (Å²) in [6.07, 6.45) is 0. The molecular weight excluding hydrogens is 464 g/mol. The summed E-state index contributed by atoms with van der Waals surface area (Å²) in [5.41, 5.74) is 3.75. The molecular formula is C24H15BrS3. The van der Waals surface area contributed by atoms with Gasteiger partial charge in [-0.1, -0.05) is 58.4 Å². The van der Waals surface area contributed by atoms with Crippen LogP contribution in [0.1, 0.15) is 0 Å². The van der Waals surface area contributed by atoms with Crippen molar-refractivity contribution in [3.05, 3.63) is 94.8 Å². The fourth-order valence-electron chi connectivity index (χ4n) is 3.12. The van der Waals surface area contributed by atoms with Gasteiger partial charge >= 0.3 is 0 Å². The van der Waals surface area contributed by atoms with E-state index in [4.69, 9.17) is 0 Å². The Morgan fingerprint density at radius 1 is 0.464 bits per heavy atom. The maximum absolute atomic E-state index is 3.50. The van der Waals surface area contributed by atoms with Crippen molar-refractivity contribution >= 4 is 49.9 Å². The predicted octanol–water partition coefficient (Wildman–Crippen LogP) is 9.30. The SMILES string of the molecule is Brc1ccc(-c2ccc(-c3ccc(-c4ccc(-c5cccs5)s4)s3)cc2)cc1. The summed E-state index contributed by atoms with van der Waals surface area (Å²) in [6.45, 7) is 0. The minimum Gasteiger partial charge on any atom is -0.143 e. The zero-order chi connectivity index (χ0) is 18.9. The van der Waals surface area contributed by atoms with Crippen LogP contribution in [0.25, 0.3) is 41.1 Å². The monoisotopic (exact) mass is 478 g/mol. The number of rotatable bonds is 4. The van der Waals surface area contributed by atoms with Crippen molar-refractivity contribution in [2.75, 3.05) is 0 Å². The summed E-state index contributed by atoms with van der Waals surface area (Å²) < 4.78 is 1.11. The van der Waals surface area contributed by atoms with Gasteiger partial charge in [0.15, 0.2) is 0 Å². The lowest BCUT2D eigenvalue weighted by Crippen LogP contribution is -1.78. The van der Waals surface area contributed by atoms with Crippen LogP contribution in [0.4, 0.5) is 0 Å². The van der Waals surface area contributed by atoms with Crippen molar-refractivity contribution < 1.29 is 0 Å². The highest BCUT2D eigenvalue weighted by atomic mass is 79.9. The molecule has 0 spiro atoms. The molecule has 5 rings (SSSR count). The third-order valence-electron chi connectivity index (χ3n) is 4.57. The highest BCUT2D eigenvalue weighted by Crippen LogP contribution is 2.41. The minimum absolute atomic E-state index is 1.11. The second-order valence-electron chi connectivity index (χ2n) is 6.39. The Balaban J connectivity index is 1.39. The predicted molar refractivity (Wildman–Crippen MR) is 130 cm³/mol. The van der Waals surface area contributed by atoms with E-state index in [0.717, 1.165) is 4.47 Å². The molecule has 0 saturated heterocycles. The number of hydrogen-bond acceptors (Lipinski definition) is 3. The van der Waals surface area contributed by atoms with E-state index in [9.17, 15) is 0 Å². The summed E-state index contributed by atoms with van der Waals surface area (Å²) in [4.78, 5) is 6.67. The summed E-state index contributed by atoms with van der Waals surface area (Å²) in [7, 11) is 0. The van der Waals surface area contributed by atoms with Gasteiger partial charge in [0.05, 0.1) is 0 Å². The van der Waals surface area contributed by atoms with Gasteiger partial charge in [0.1, 0.15) is 0 Å². The van der Waals surface area contributed by atoms with Crippen LogP contribution in [0.3, 0.4) is 0 Å². The standard InChI is InChI=1S/C24H15BrS3/c25-19-9-7-17(8-10-19)16-3-5-18(6-4-16)20-11-12-23(27-20)24-14-13-22(28-24)21-2-1-15-26-21/h1-15H. The van der Waals surface area contributed by atoms with Crippen molar-refractivity contribution in [1.82, 2.24) is 0 Å². The minimum atomic E-state index is 1.11. The molecule has 0 aliphatic carbocycles. The Labute approximate surface area is 184 Å². The molecule has 0 amide bonds. The molecule has 5 aromatic rings. The maximum atomic E-state index is 3.50. The van der Waals surface area contributed by atoms with Crippen LogP contribution >= 0.6 is 49.9 Å². The molecule has 0 aliphatic rings. The van der Waals surface area contributed by atoms with Crippen molar-refractivity contribution in [2.45, 2.75) is 0 Å². The van der Waals surface area contributed by atoms with Gasteiger partial charge in [-0.2, -0.15) is 0 Å². The van der Waals surface area contributed by atoms with Crippen molar-refractivity contribution in [1.29, 1.82) is 0 Å². The molecule has 0 fully saturated rings. The Morgan fingerprint density at radius 2 is 0.964 bits per heavy atom. The van der Waals surface area contributed by atoms with Crippen LogP contribution in [0.2, 0.25) is 0 Å². The van der Waals surface area contributed by atoms with Gasteiger partial charge in [0.2, 0.25) is 0 Å². The third-order valence-corrected chi connectivity index (χ3v) is 8.58. The van der Waals surface area contributed by atoms with Crippen molar-refractivity contribution in [3.63, 3.8) is 0 Å². The van der Waals surface area contributed by atoms with E-state index in [1.807, 2.05) is 22.7 Å². The molecule has 136 valence electrons. The van der Waals surface area contributed by atoms with Crippen LogP contribution in [0.5, 0.6) is 0 Å². The molecule has 0 atom stereocenters. The van der Waals surface area contributed by atoms with E-state index < -0.39 is 0 Å². The molecule has 0 bridgehead atoms. The lowest BCUT2D eigenvalue weighted by atomic mass is 10.0. The number of benzene rings is 2. The van der Waals surface area contributed by atoms with Crippen LogP contribution < -0.4 is 0 Å². The quantitative estimate of drug-likeness (QED) is 0.241. The first-order chi connectivity index (χ1) is 13.8. The van der Waals surface area contributed by atoms with E-state index in [0.29, 0.717) is 0 Å². The fraction of sp³-hybridized carbons (Fsp3) is 0. The van der Waals surface area contributed by atoms with Crippen LogP contribution in [-0.2, 0) is 0 Å². The number of thiophene rings is 3. The molecule has 3 heterocycles. The molecule has 0 N–H and O–H groups in total. The second-order valence-corrected chi connectivity index (χ2v) is 10.4. The number of hydrogen-bond donors (Lipinski definition) is 0. The van der Waals surface area contributed by atoms with Gasteiger partial charge in [-0.3, -0.25) is 0 Å². The van der Waals surface area contributed by atoms with Gasteiger partial charge in [-0.05, 0) is 64.5 Å². The maximum Gasteiger partial charge on any atom is 0.0449 e. The normalized spacial score (nSPS) is 11.0.